The molecule has 1 aromatic carbocycles. The van der Waals surface area contributed by atoms with E-state index < -0.39 is 0 Å². The van der Waals surface area contributed by atoms with Crippen LogP contribution in [0.5, 0.6) is 5.75 Å². The van der Waals surface area contributed by atoms with E-state index >= 15 is 0 Å². The SMILES string of the molecule is Cc1cnc(-c2nn(C3CCCCO3)c3ccc(OC(C)C)cc23)nc1. The van der Waals surface area contributed by atoms with Crippen LogP contribution in [0.4, 0.5) is 0 Å². The number of hydrogen-bond donors (Lipinski definition) is 0. The second-order valence-corrected chi connectivity index (χ2v) is 7.04. The molecule has 0 amide bonds. The van der Waals surface area contributed by atoms with Gasteiger partial charge in [0, 0.05) is 24.4 Å². The third-order valence-corrected chi connectivity index (χ3v) is 4.47. The average Bonchev–Trinajstić information content (AvgIpc) is 3.01. The normalized spacial score (nSPS) is 17.8. The van der Waals surface area contributed by atoms with Crippen molar-refractivity contribution in [2.75, 3.05) is 6.61 Å². The molecule has 1 unspecified atom stereocenters. The number of nitrogens with zero attached hydrogens (tertiary/aromatic N) is 4. The number of aryl methyl sites for hydroxylation is 1. The van der Waals surface area contributed by atoms with Gasteiger partial charge in [-0.15, -0.1) is 0 Å². The zero-order chi connectivity index (χ0) is 18.1. The summed E-state index contributed by atoms with van der Waals surface area (Å²) in [6, 6.07) is 6.07. The van der Waals surface area contributed by atoms with Gasteiger partial charge in [-0.2, -0.15) is 5.10 Å². The number of benzene rings is 1. The van der Waals surface area contributed by atoms with Gasteiger partial charge in [0.1, 0.15) is 11.4 Å². The fraction of sp³-hybridized carbons (Fsp3) is 0.450. The van der Waals surface area contributed by atoms with Gasteiger partial charge in [0.05, 0.1) is 11.6 Å². The molecule has 0 aliphatic carbocycles. The standard InChI is InChI=1S/C20H24N4O2/c1-13(2)26-15-7-8-17-16(10-15)19(20-21-11-14(3)12-22-20)23-24(17)18-6-4-5-9-25-18/h7-8,10-13,18H,4-6,9H2,1-3H3. The highest BCUT2D eigenvalue weighted by Gasteiger charge is 2.23. The second-order valence-electron chi connectivity index (χ2n) is 7.04. The van der Waals surface area contributed by atoms with Crippen molar-refractivity contribution >= 4 is 10.9 Å². The molecule has 1 aliphatic heterocycles. The molecule has 4 rings (SSSR count). The Morgan fingerprint density at radius 1 is 1.19 bits per heavy atom. The quantitative estimate of drug-likeness (QED) is 0.701. The molecule has 1 fully saturated rings. The van der Waals surface area contributed by atoms with Crippen LogP contribution in [0, 0.1) is 6.92 Å². The molecule has 1 aliphatic rings. The first kappa shape index (κ1) is 17.0. The van der Waals surface area contributed by atoms with Crippen LogP contribution in [0.25, 0.3) is 22.4 Å². The van der Waals surface area contributed by atoms with E-state index in [1.165, 1.54) is 0 Å². The number of aromatic nitrogens is 4. The van der Waals surface area contributed by atoms with E-state index in [0.717, 1.165) is 53.8 Å². The topological polar surface area (TPSA) is 62.1 Å². The van der Waals surface area contributed by atoms with E-state index in [2.05, 4.69) is 16.0 Å². The summed E-state index contributed by atoms with van der Waals surface area (Å²) in [5.74, 6) is 1.45. The van der Waals surface area contributed by atoms with Crippen molar-refractivity contribution in [2.24, 2.45) is 0 Å². The minimum atomic E-state index is -0.0395. The van der Waals surface area contributed by atoms with E-state index in [1.807, 2.05) is 50.0 Å². The molecule has 1 saturated heterocycles. The zero-order valence-electron chi connectivity index (χ0n) is 15.5. The molecule has 3 aromatic rings. The summed E-state index contributed by atoms with van der Waals surface area (Å²) in [6.45, 7) is 6.79. The van der Waals surface area contributed by atoms with Gasteiger partial charge in [0.25, 0.3) is 0 Å². The third kappa shape index (κ3) is 3.29. The van der Waals surface area contributed by atoms with E-state index in [9.17, 15) is 0 Å². The lowest BCUT2D eigenvalue weighted by Gasteiger charge is -2.23. The summed E-state index contributed by atoms with van der Waals surface area (Å²) in [5, 5.41) is 5.83. The van der Waals surface area contributed by atoms with Gasteiger partial charge in [0.2, 0.25) is 0 Å². The highest BCUT2D eigenvalue weighted by Crippen LogP contribution is 2.33. The van der Waals surface area contributed by atoms with Crippen LogP contribution >= 0.6 is 0 Å². The van der Waals surface area contributed by atoms with Gasteiger partial charge >= 0.3 is 0 Å². The molecule has 2 aromatic heterocycles. The van der Waals surface area contributed by atoms with Crippen LogP contribution in [0.2, 0.25) is 0 Å². The predicted octanol–water partition coefficient (Wildman–Crippen LogP) is 4.29. The molecule has 6 nitrogen and oxygen atoms in total. The van der Waals surface area contributed by atoms with Crippen molar-refractivity contribution in [1.29, 1.82) is 0 Å². The Morgan fingerprint density at radius 2 is 2.00 bits per heavy atom. The van der Waals surface area contributed by atoms with Crippen LogP contribution < -0.4 is 4.74 Å². The van der Waals surface area contributed by atoms with E-state index in [0.29, 0.717) is 5.82 Å². The van der Waals surface area contributed by atoms with Crippen LogP contribution in [0.3, 0.4) is 0 Å². The summed E-state index contributed by atoms with van der Waals surface area (Å²) >= 11 is 0. The third-order valence-electron chi connectivity index (χ3n) is 4.47. The van der Waals surface area contributed by atoms with Crippen molar-refractivity contribution in [3.8, 4) is 17.3 Å². The van der Waals surface area contributed by atoms with Gasteiger partial charge < -0.3 is 9.47 Å². The molecule has 0 spiro atoms. The maximum atomic E-state index is 5.96. The van der Waals surface area contributed by atoms with Crippen LogP contribution in [0.1, 0.15) is 44.9 Å². The maximum Gasteiger partial charge on any atom is 0.180 e. The number of rotatable bonds is 4. The summed E-state index contributed by atoms with van der Waals surface area (Å²) < 4.78 is 13.8. The summed E-state index contributed by atoms with van der Waals surface area (Å²) in [7, 11) is 0. The Hall–Kier alpha value is -2.47. The molecule has 6 heteroatoms. The fourth-order valence-electron chi connectivity index (χ4n) is 3.28. The van der Waals surface area contributed by atoms with Gasteiger partial charge in [-0.05, 0) is 63.8 Å². The largest absolute Gasteiger partial charge is 0.491 e. The fourth-order valence-corrected chi connectivity index (χ4v) is 3.28. The first-order valence-electron chi connectivity index (χ1n) is 9.21. The van der Waals surface area contributed by atoms with Crippen LogP contribution in [-0.2, 0) is 4.74 Å². The average molecular weight is 352 g/mol. The van der Waals surface area contributed by atoms with Crippen molar-refractivity contribution < 1.29 is 9.47 Å². The summed E-state index contributed by atoms with van der Waals surface area (Å²) in [4.78, 5) is 8.96. The molecular weight excluding hydrogens is 328 g/mol. The maximum absolute atomic E-state index is 5.96. The Morgan fingerprint density at radius 3 is 2.69 bits per heavy atom. The van der Waals surface area contributed by atoms with Crippen molar-refractivity contribution in [3.05, 3.63) is 36.2 Å². The molecule has 136 valence electrons. The second kappa shape index (κ2) is 7.03. The van der Waals surface area contributed by atoms with E-state index in [-0.39, 0.29) is 12.3 Å². The van der Waals surface area contributed by atoms with Gasteiger partial charge in [0.15, 0.2) is 12.1 Å². The lowest BCUT2D eigenvalue weighted by atomic mass is 10.1. The monoisotopic (exact) mass is 352 g/mol. The highest BCUT2D eigenvalue weighted by molar-refractivity contribution is 5.92. The van der Waals surface area contributed by atoms with Gasteiger partial charge in [-0.25, -0.2) is 14.6 Å². The Bertz CT molecular complexity index is 896. The Balaban J connectivity index is 1.85. The minimum absolute atomic E-state index is 0.0395. The first-order chi connectivity index (χ1) is 12.6. The van der Waals surface area contributed by atoms with Crippen molar-refractivity contribution in [3.63, 3.8) is 0 Å². The smallest absolute Gasteiger partial charge is 0.180 e. The lowest BCUT2D eigenvalue weighted by Crippen LogP contribution is -2.19. The molecule has 1 atom stereocenters. The summed E-state index contributed by atoms with van der Waals surface area (Å²) in [6.07, 6.45) is 6.94. The van der Waals surface area contributed by atoms with Gasteiger partial charge in [-0.3, -0.25) is 0 Å². The number of hydrogen-bond acceptors (Lipinski definition) is 5. The van der Waals surface area contributed by atoms with Crippen molar-refractivity contribution in [2.45, 2.75) is 52.4 Å². The lowest BCUT2D eigenvalue weighted by molar-refractivity contribution is -0.0365. The predicted molar refractivity (Wildman–Crippen MR) is 100 cm³/mol. The highest BCUT2D eigenvalue weighted by atomic mass is 16.5. The molecule has 0 bridgehead atoms. The summed E-state index contributed by atoms with van der Waals surface area (Å²) in [5.41, 5.74) is 2.81. The molecular formula is C20H24N4O2. The van der Waals surface area contributed by atoms with Gasteiger partial charge in [-0.1, -0.05) is 0 Å². The molecule has 0 N–H and O–H groups in total. The molecule has 0 saturated carbocycles. The first-order valence-corrected chi connectivity index (χ1v) is 9.21. The Labute approximate surface area is 153 Å². The van der Waals surface area contributed by atoms with Crippen LogP contribution in [0.15, 0.2) is 30.6 Å². The van der Waals surface area contributed by atoms with E-state index in [1.54, 1.807) is 0 Å². The minimum Gasteiger partial charge on any atom is -0.491 e. The molecule has 26 heavy (non-hydrogen) atoms. The van der Waals surface area contributed by atoms with Crippen molar-refractivity contribution in [1.82, 2.24) is 19.7 Å². The zero-order valence-corrected chi connectivity index (χ0v) is 15.5. The van der Waals surface area contributed by atoms with E-state index in [4.69, 9.17) is 14.6 Å². The Kier molecular flexibility index (Phi) is 4.59. The number of ether oxygens (including phenoxy) is 2. The van der Waals surface area contributed by atoms with Crippen LogP contribution in [-0.4, -0.2) is 32.5 Å². The molecule has 0 radical (unpaired) electrons. The molecule has 3 heterocycles. The number of fused-ring (bicyclic) bond motifs is 1.